The quantitative estimate of drug-likeness (QED) is 0.553. The maximum atomic E-state index is 12.8. The Labute approximate surface area is 206 Å². The van der Waals surface area contributed by atoms with Crippen molar-refractivity contribution in [3.63, 3.8) is 0 Å². The van der Waals surface area contributed by atoms with Gasteiger partial charge in [0, 0.05) is 30.0 Å². The molecule has 3 aromatic rings. The van der Waals surface area contributed by atoms with E-state index in [4.69, 9.17) is 9.72 Å². The maximum absolute atomic E-state index is 12.8. The lowest BCUT2D eigenvalue weighted by molar-refractivity contribution is -0.173. The molecule has 2 aromatic carbocycles. The summed E-state index contributed by atoms with van der Waals surface area (Å²) in [6.07, 6.45) is 4.47. The van der Waals surface area contributed by atoms with Gasteiger partial charge in [0.1, 0.15) is 0 Å². The lowest BCUT2D eigenvalue weighted by atomic mass is 9.48. The van der Waals surface area contributed by atoms with Crippen LogP contribution in [0.25, 0.3) is 10.9 Å². The number of phenols is 1. The smallest absolute Gasteiger partial charge is 0.166 e. The van der Waals surface area contributed by atoms with Crippen LogP contribution >= 0.6 is 0 Å². The number of aromatic nitrogens is 1. The molecule has 35 heavy (non-hydrogen) atoms. The zero-order valence-corrected chi connectivity index (χ0v) is 20.8. The SMILES string of the molecule is CC.Cc1c2c(nc3ccccc13)[C@@H]1Oc3c(O)ccc4c3[C@@]13CCN(CC1CC1)[C@H](C4)[C@]3(O)C2. The first-order valence-corrected chi connectivity index (χ1v) is 13.4. The predicted octanol–water partition coefficient (Wildman–Crippen LogP) is 4.97. The van der Waals surface area contributed by atoms with Gasteiger partial charge >= 0.3 is 0 Å². The Morgan fingerprint density at radius 3 is 2.74 bits per heavy atom. The first-order chi connectivity index (χ1) is 17.0. The van der Waals surface area contributed by atoms with Crippen molar-refractivity contribution in [2.75, 3.05) is 13.1 Å². The summed E-state index contributed by atoms with van der Waals surface area (Å²) >= 11 is 0. The van der Waals surface area contributed by atoms with Crippen molar-refractivity contribution in [1.82, 2.24) is 9.88 Å². The number of hydrogen-bond donors (Lipinski definition) is 2. The molecular weight excluding hydrogens is 436 g/mol. The summed E-state index contributed by atoms with van der Waals surface area (Å²) in [5.41, 5.74) is 5.02. The van der Waals surface area contributed by atoms with E-state index in [1.165, 1.54) is 24.0 Å². The van der Waals surface area contributed by atoms with Crippen molar-refractivity contribution in [3.8, 4) is 11.5 Å². The molecular formula is C30H34N2O3. The Hall–Kier alpha value is -2.63. The topological polar surface area (TPSA) is 65.8 Å². The molecule has 2 N–H and O–H groups in total. The largest absolute Gasteiger partial charge is 0.504 e. The van der Waals surface area contributed by atoms with Crippen LogP contribution in [0.2, 0.25) is 0 Å². The number of benzene rings is 2. The van der Waals surface area contributed by atoms with Crippen LogP contribution in [0.4, 0.5) is 0 Å². The van der Waals surface area contributed by atoms with E-state index >= 15 is 0 Å². The van der Waals surface area contributed by atoms with Gasteiger partial charge in [-0.2, -0.15) is 0 Å². The van der Waals surface area contributed by atoms with Crippen molar-refractivity contribution >= 4 is 10.9 Å². The number of piperidine rings is 1. The molecule has 1 spiro atoms. The van der Waals surface area contributed by atoms with Crippen LogP contribution in [0.1, 0.15) is 67.2 Å². The molecule has 1 saturated carbocycles. The number of hydrogen-bond acceptors (Lipinski definition) is 5. The zero-order chi connectivity index (χ0) is 24.1. The Morgan fingerprint density at radius 1 is 1.14 bits per heavy atom. The van der Waals surface area contributed by atoms with Gasteiger partial charge in [0.05, 0.1) is 22.2 Å². The van der Waals surface area contributed by atoms with Gasteiger partial charge in [0.2, 0.25) is 0 Å². The number of aromatic hydroxyl groups is 1. The fourth-order valence-electron chi connectivity index (χ4n) is 7.80. The fraction of sp³-hybridized carbons (Fsp3) is 0.500. The summed E-state index contributed by atoms with van der Waals surface area (Å²) < 4.78 is 6.64. The number of rotatable bonds is 2. The zero-order valence-electron chi connectivity index (χ0n) is 20.8. The summed E-state index contributed by atoms with van der Waals surface area (Å²) in [5.74, 6) is 1.53. The molecule has 2 bridgehead atoms. The molecule has 0 amide bonds. The van der Waals surface area contributed by atoms with Gasteiger partial charge in [0.25, 0.3) is 0 Å². The molecule has 8 rings (SSSR count). The van der Waals surface area contributed by atoms with E-state index in [0.29, 0.717) is 12.2 Å². The number of ether oxygens (including phenoxy) is 1. The first-order valence-electron chi connectivity index (χ1n) is 13.4. The molecule has 1 saturated heterocycles. The molecule has 4 atom stereocenters. The second kappa shape index (κ2) is 7.21. The molecule has 0 unspecified atom stereocenters. The number of para-hydroxylation sites is 1. The molecule has 5 nitrogen and oxygen atoms in total. The Kier molecular flexibility index (Phi) is 4.45. The molecule has 5 heteroatoms. The van der Waals surface area contributed by atoms with Crippen molar-refractivity contribution in [2.45, 2.75) is 76.0 Å². The summed E-state index contributed by atoms with van der Waals surface area (Å²) in [6, 6.07) is 12.2. The Morgan fingerprint density at radius 2 is 1.94 bits per heavy atom. The lowest BCUT2D eigenvalue weighted by Crippen LogP contribution is -2.74. The van der Waals surface area contributed by atoms with E-state index in [9.17, 15) is 10.2 Å². The van der Waals surface area contributed by atoms with Gasteiger partial charge in [-0.25, -0.2) is 4.98 Å². The third-order valence-corrected chi connectivity index (χ3v) is 9.52. The van der Waals surface area contributed by atoms with Gasteiger partial charge in [-0.3, -0.25) is 4.90 Å². The third kappa shape index (κ3) is 2.58. The maximum Gasteiger partial charge on any atom is 0.166 e. The third-order valence-electron chi connectivity index (χ3n) is 9.52. The van der Waals surface area contributed by atoms with Crippen LogP contribution in [0.3, 0.4) is 0 Å². The number of likely N-dealkylation sites (tertiary alicyclic amines) is 1. The molecule has 3 heterocycles. The highest BCUT2D eigenvalue weighted by atomic mass is 16.5. The fourth-order valence-corrected chi connectivity index (χ4v) is 7.80. The summed E-state index contributed by atoms with van der Waals surface area (Å²) in [4.78, 5) is 7.71. The molecule has 3 aliphatic carbocycles. The highest BCUT2D eigenvalue weighted by molar-refractivity contribution is 5.84. The second-order valence-electron chi connectivity index (χ2n) is 11.0. The van der Waals surface area contributed by atoms with Crippen molar-refractivity contribution in [3.05, 3.63) is 64.3 Å². The van der Waals surface area contributed by atoms with Crippen molar-refractivity contribution in [2.24, 2.45) is 5.92 Å². The van der Waals surface area contributed by atoms with Gasteiger partial charge in [-0.15, -0.1) is 0 Å². The summed E-state index contributed by atoms with van der Waals surface area (Å²) in [6.45, 7) is 8.20. The van der Waals surface area contributed by atoms with E-state index in [1.54, 1.807) is 6.07 Å². The van der Waals surface area contributed by atoms with E-state index < -0.39 is 11.0 Å². The Bertz CT molecular complexity index is 1370. The molecule has 2 aliphatic heterocycles. The van der Waals surface area contributed by atoms with Gasteiger partial charge < -0.3 is 14.9 Å². The summed E-state index contributed by atoms with van der Waals surface area (Å²) in [7, 11) is 0. The van der Waals surface area contributed by atoms with Crippen LogP contribution in [0.5, 0.6) is 11.5 Å². The monoisotopic (exact) mass is 470 g/mol. The molecule has 182 valence electrons. The number of fused-ring (bicyclic) bond motifs is 3. The van der Waals surface area contributed by atoms with Crippen LogP contribution in [-0.4, -0.2) is 44.8 Å². The lowest BCUT2D eigenvalue weighted by Gasteiger charge is -2.63. The van der Waals surface area contributed by atoms with E-state index in [-0.39, 0.29) is 17.9 Å². The molecule has 1 aromatic heterocycles. The van der Waals surface area contributed by atoms with Crippen LogP contribution < -0.4 is 4.74 Å². The van der Waals surface area contributed by atoms with Crippen LogP contribution in [-0.2, 0) is 18.3 Å². The van der Waals surface area contributed by atoms with E-state index in [1.807, 2.05) is 19.9 Å². The number of aryl methyl sites for hydroxylation is 1. The second-order valence-corrected chi connectivity index (χ2v) is 11.0. The minimum Gasteiger partial charge on any atom is -0.504 e. The predicted molar refractivity (Wildman–Crippen MR) is 136 cm³/mol. The van der Waals surface area contributed by atoms with E-state index in [2.05, 4.69) is 36.1 Å². The normalized spacial score (nSPS) is 31.8. The van der Waals surface area contributed by atoms with Gasteiger partial charge in [0.15, 0.2) is 17.6 Å². The standard InChI is InChI=1S/C28H28N2O3.C2H6/c1-15-18-4-2-3-5-20(18)29-24-19(15)13-28(32)22-12-17-8-9-21(31)25-23(17)27(28,26(24)33-25)10-11-30(22)14-16-6-7-16;1-2/h2-5,8-9,16,22,26,31-32H,6-7,10-14H2,1H3;1-2H3/t22-,26+,27+,28-;/m1./s1. The van der Waals surface area contributed by atoms with Crippen LogP contribution in [0, 0.1) is 12.8 Å². The summed E-state index contributed by atoms with van der Waals surface area (Å²) in [5, 5.41) is 24.8. The van der Waals surface area contributed by atoms with Crippen molar-refractivity contribution in [1.29, 1.82) is 0 Å². The number of aliphatic hydroxyl groups is 1. The highest BCUT2D eigenvalue weighted by Crippen LogP contribution is 2.68. The average Bonchev–Trinajstić information content (AvgIpc) is 3.61. The molecule has 2 fully saturated rings. The first kappa shape index (κ1) is 21.6. The number of phenolic OH excluding ortho intramolecular Hbond substituents is 1. The average molecular weight is 471 g/mol. The van der Waals surface area contributed by atoms with Crippen LogP contribution in [0.15, 0.2) is 36.4 Å². The van der Waals surface area contributed by atoms with E-state index in [0.717, 1.165) is 59.6 Å². The Balaban J connectivity index is 0.00000103. The number of pyridine rings is 1. The minimum absolute atomic E-state index is 0.0555. The molecule has 5 aliphatic rings. The van der Waals surface area contributed by atoms with Gasteiger partial charge in [-0.1, -0.05) is 38.1 Å². The highest BCUT2D eigenvalue weighted by Gasteiger charge is 2.72. The molecule has 0 radical (unpaired) electrons. The minimum atomic E-state index is -0.946. The van der Waals surface area contributed by atoms with Crippen molar-refractivity contribution < 1.29 is 14.9 Å². The number of nitrogens with zero attached hydrogens (tertiary/aromatic N) is 2. The van der Waals surface area contributed by atoms with Gasteiger partial charge in [-0.05, 0) is 73.9 Å².